The Morgan fingerprint density at radius 2 is 1.71 bits per heavy atom. The lowest BCUT2D eigenvalue weighted by Gasteiger charge is -2.13. The largest absolute Gasteiger partial charge is 0.507 e. The summed E-state index contributed by atoms with van der Waals surface area (Å²) in [6, 6.07) is 13.2. The van der Waals surface area contributed by atoms with E-state index in [-0.39, 0.29) is 23.7 Å². The third-order valence-corrected chi connectivity index (χ3v) is 3.18. The van der Waals surface area contributed by atoms with Crippen LogP contribution in [-0.4, -0.2) is 28.7 Å². The first kappa shape index (κ1) is 15.1. The van der Waals surface area contributed by atoms with E-state index in [4.69, 9.17) is 4.74 Å². The van der Waals surface area contributed by atoms with Crippen LogP contribution in [0, 0.1) is 0 Å². The summed E-state index contributed by atoms with van der Waals surface area (Å²) in [5.41, 5.74) is 0.590. The average Bonchev–Trinajstić information content (AvgIpc) is 2.52. The summed E-state index contributed by atoms with van der Waals surface area (Å²) in [4.78, 5) is 12.5. The van der Waals surface area contributed by atoms with E-state index in [9.17, 15) is 15.0 Å². The number of ketones is 1. The molecule has 2 rings (SSSR count). The molecule has 4 heteroatoms. The maximum absolute atomic E-state index is 12.5. The molecule has 4 nitrogen and oxygen atoms in total. The Kier molecular flexibility index (Phi) is 4.95. The van der Waals surface area contributed by atoms with Gasteiger partial charge in [-0.15, -0.1) is 0 Å². The van der Waals surface area contributed by atoms with Crippen LogP contribution >= 0.6 is 0 Å². The van der Waals surface area contributed by atoms with Crippen LogP contribution in [0.2, 0.25) is 0 Å². The lowest BCUT2D eigenvalue weighted by molar-refractivity contribution is 0.0978. The minimum atomic E-state index is -0.571. The zero-order valence-electron chi connectivity index (χ0n) is 11.8. The molecule has 0 aliphatic carbocycles. The molecule has 0 aromatic heterocycles. The predicted molar refractivity (Wildman–Crippen MR) is 79.8 cm³/mol. The van der Waals surface area contributed by atoms with E-state index in [0.29, 0.717) is 17.7 Å². The maximum Gasteiger partial charge on any atom is 0.200 e. The van der Waals surface area contributed by atoms with E-state index in [1.54, 1.807) is 42.5 Å². The zero-order chi connectivity index (χ0) is 15.2. The number of rotatable bonds is 6. The molecule has 21 heavy (non-hydrogen) atoms. The van der Waals surface area contributed by atoms with E-state index < -0.39 is 6.10 Å². The summed E-state index contributed by atoms with van der Waals surface area (Å²) >= 11 is 0. The molecule has 0 aliphatic rings. The Morgan fingerprint density at radius 1 is 1.10 bits per heavy atom. The van der Waals surface area contributed by atoms with Gasteiger partial charge in [0, 0.05) is 0 Å². The fraction of sp³-hybridized carbons (Fsp3) is 0.235. The molecule has 1 unspecified atom stereocenters. The number of phenols is 1. The fourth-order valence-corrected chi connectivity index (χ4v) is 1.89. The van der Waals surface area contributed by atoms with Crippen LogP contribution in [-0.2, 0) is 0 Å². The highest BCUT2D eigenvalue weighted by atomic mass is 16.5. The predicted octanol–water partition coefficient (Wildman–Crippen LogP) is 2.77. The molecule has 0 heterocycles. The molecule has 110 valence electrons. The van der Waals surface area contributed by atoms with Gasteiger partial charge in [0.15, 0.2) is 5.78 Å². The van der Waals surface area contributed by atoms with Crippen molar-refractivity contribution in [2.24, 2.45) is 0 Å². The number of ether oxygens (including phenoxy) is 1. The standard InChI is InChI=1S/C17H18O4/c1-2-12(18)11-21-16-10-6-4-8-14(16)17(20)13-7-3-5-9-15(13)19/h3-10,12,18-19H,2,11H2,1H3. The Morgan fingerprint density at radius 3 is 2.38 bits per heavy atom. The van der Waals surface area contributed by atoms with E-state index in [0.717, 1.165) is 0 Å². The molecule has 0 saturated heterocycles. The van der Waals surface area contributed by atoms with Crippen LogP contribution in [0.15, 0.2) is 48.5 Å². The van der Waals surface area contributed by atoms with E-state index in [1.807, 2.05) is 6.92 Å². The lowest BCUT2D eigenvalue weighted by atomic mass is 10.0. The molecule has 0 spiro atoms. The van der Waals surface area contributed by atoms with Crippen molar-refractivity contribution >= 4 is 5.78 Å². The molecule has 1 atom stereocenters. The number of carbonyl (C=O) groups excluding carboxylic acids is 1. The highest BCUT2D eigenvalue weighted by Gasteiger charge is 2.17. The van der Waals surface area contributed by atoms with Crippen LogP contribution in [0.1, 0.15) is 29.3 Å². The first-order chi connectivity index (χ1) is 10.1. The molecular formula is C17H18O4. The van der Waals surface area contributed by atoms with Gasteiger partial charge in [0.2, 0.25) is 0 Å². The summed E-state index contributed by atoms with van der Waals surface area (Å²) in [6.07, 6.45) is 0.00792. The van der Waals surface area contributed by atoms with Gasteiger partial charge in [-0.2, -0.15) is 0 Å². The molecule has 0 aliphatic heterocycles. The van der Waals surface area contributed by atoms with Gasteiger partial charge < -0.3 is 14.9 Å². The number of carbonyl (C=O) groups is 1. The van der Waals surface area contributed by atoms with Crippen LogP contribution in [0.25, 0.3) is 0 Å². The number of para-hydroxylation sites is 2. The first-order valence-corrected chi connectivity index (χ1v) is 6.86. The maximum atomic E-state index is 12.5. The number of hydrogen-bond donors (Lipinski definition) is 2. The van der Waals surface area contributed by atoms with E-state index >= 15 is 0 Å². The highest BCUT2D eigenvalue weighted by molar-refractivity contribution is 6.12. The second-order valence-corrected chi connectivity index (χ2v) is 4.72. The molecule has 2 aromatic carbocycles. The van der Waals surface area contributed by atoms with Gasteiger partial charge in [0.25, 0.3) is 0 Å². The van der Waals surface area contributed by atoms with Crippen molar-refractivity contribution in [2.75, 3.05) is 6.61 Å². The second-order valence-electron chi connectivity index (χ2n) is 4.72. The molecule has 0 radical (unpaired) electrons. The van der Waals surface area contributed by atoms with Crippen molar-refractivity contribution in [2.45, 2.75) is 19.4 Å². The van der Waals surface area contributed by atoms with Crippen LogP contribution in [0.3, 0.4) is 0 Å². The van der Waals surface area contributed by atoms with Crippen molar-refractivity contribution in [3.63, 3.8) is 0 Å². The Hall–Kier alpha value is -2.33. The van der Waals surface area contributed by atoms with Gasteiger partial charge in [-0.3, -0.25) is 4.79 Å². The number of hydrogen-bond acceptors (Lipinski definition) is 4. The van der Waals surface area contributed by atoms with E-state index in [2.05, 4.69) is 0 Å². The van der Waals surface area contributed by atoms with Crippen LogP contribution < -0.4 is 4.74 Å². The number of aliphatic hydroxyl groups is 1. The number of aliphatic hydroxyl groups excluding tert-OH is 1. The highest BCUT2D eigenvalue weighted by Crippen LogP contribution is 2.25. The fourth-order valence-electron chi connectivity index (χ4n) is 1.89. The van der Waals surface area contributed by atoms with Crippen molar-refractivity contribution in [3.8, 4) is 11.5 Å². The minimum Gasteiger partial charge on any atom is -0.507 e. The number of aromatic hydroxyl groups is 1. The molecule has 0 bridgehead atoms. The van der Waals surface area contributed by atoms with Gasteiger partial charge in [0.1, 0.15) is 18.1 Å². The van der Waals surface area contributed by atoms with Gasteiger partial charge in [-0.1, -0.05) is 31.2 Å². The summed E-state index contributed by atoms with van der Waals surface area (Å²) in [5.74, 6) is 0.0267. The molecular weight excluding hydrogens is 268 g/mol. The molecule has 2 aromatic rings. The number of phenolic OH excluding ortho intramolecular Hbond substituents is 1. The molecule has 2 N–H and O–H groups in total. The Balaban J connectivity index is 2.27. The summed E-state index contributed by atoms with van der Waals surface area (Å²) in [7, 11) is 0. The van der Waals surface area contributed by atoms with Crippen molar-refractivity contribution in [3.05, 3.63) is 59.7 Å². The third kappa shape index (κ3) is 3.61. The van der Waals surface area contributed by atoms with Crippen molar-refractivity contribution < 1.29 is 19.7 Å². The second kappa shape index (κ2) is 6.90. The van der Waals surface area contributed by atoms with Gasteiger partial charge in [0.05, 0.1) is 17.2 Å². The molecule has 0 saturated carbocycles. The van der Waals surface area contributed by atoms with Crippen LogP contribution in [0.5, 0.6) is 11.5 Å². The lowest BCUT2D eigenvalue weighted by Crippen LogP contribution is -2.17. The van der Waals surface area contributed by atoms with Gasteiger partial charge in [-0.25, -0.2) is 0 Å². The van der Waals surface area contributed by atoms with Gasteiger partial charge in [-0.05, 0) is 30.7 Å². The third-order valence-electron chi connectivity index (χ3n) is 3.18. The number of benzene rings is 2. The van der Waals surface area contributed by atoms with Gasteiger partial charge >= 0.3 is 0 Å². The monoisotopic (exact) mass is 286 g/mol. The Bertz CT molecular complexity index is 622. The van der Waals surface area contributed by atoms with E-state index in [1.165, 1.54) is 6.07 Å². The summed E-state index contributed by atoms with van der Waals surface area (Å²) in [6.45, 7) is 1.98. The summed E-state index contributed by atoms with van der Waals surface area (Å²) < 4.78 is 5.52. The zero-order valence-corrected chi connectivity index (χ0v) is 11.8. The normalized spacial score (nSPS) is 11.9. The van der Waals surface area contributed by atoms with Crippen molar-refractivity contribution in [1.29, 1.82) is 0 Å². The first-order valence-electron chi connectivity index (χ1n) is 6.86. The Labute approximate surface area is 123 Å². The van der Waals surface area contributed by atoms with Crippen molar-refractivity contribution in [1.82, 2.24) is 0 Å². The minimum absolute atomic E-state index is 0.0640. The average molecular weight is 286 g/mol. The topological polar surface area (TPSA) is 66.8 Å². The molecule has 0 amide bonds. The SMILES string of the molecule is CCC(O)COc1ccccc1C(=O)c1ccccc1O. The quantitative estimate of drug-likeness (QED) is 0.801. The van der Waals surface area contributed by atoms with Crippen LogP contribution in [0.4, 0.5) is 0 Å². The summed E-state index contributed by atoms with van der Waals surface area (Å²) in [5, 5.41) is 19.3. The molecule has 0 fully saturated rings. The smallest absolute Gasteiger partial charge is 0.200 e.